The van der Waals surface area contributed by atoms with E-state index in [2.05, 4.69) is 5.32 Å². The van der Waals surface area contributed by atoms with Crippen molar-refractivity contribution in [2.45, 2.75) is 12.7 Å². The third-order valence-corrected chi connectivity index (χ3v) is 6.26. The molecule has 2 heterocycles. The fraction of sp³-hybridized carbons (Fsp3) is 0.222. The number of para-hydroxylation sites is 1. The molecule has 5 rings (SSSR count). The van der Waals surface area contributed by atoms with E-state index in [9.17, 15) is 22.4 Å². The highest BCUT2D eigenvalue weighted by Crippen LogP contribution is 2.38. The average molecular weight is 497 g/mol. The molecule has 1 fully saturated rings. The molecule has 1 aromatic heterocycles. The number of hydrogen-bond acceptors (Lipinski definition) is 3. The molecule has 3 aromatic carbocycles. The van der Waals surface area contributed by atoms with Gasteiger partial charge in [-0.05, 0) is 36.4 Å². The SMILES string of the molecule is O=C(Nc1ccc(N2CCOCC2)cc1C(F)(F)F)c1cc2ccccc2n1Cc1ccccc1F. The first kappa shape index (κ1) is 23.9. The van der Waals surface area contributed by atoms with Gasteiger partial charge in [-0.2, -0.15) is 13.2 Å². The molecule has 1 N–H and O–H groups in total. The number of benzene rings is 3. The number of fused-ring (bicyclic) bond motifs is 1. The van der Waals surface area contributed by atoms with Crippen LogP contribution in [0.3, 0.4) is 0 Å². The molecule has 0 aliphatic carbocycles. The Kier molecular flexibility index (Phi) is 6.40. The molecule has 1 aliphatic heterocycles. The van der Waals surface area contributed by atoms with Crippen LogP contribution in [-0.2, 0) is 17.5 Å². The van der Waals surface area contributed by atoms with E-state index in [1.807, 2.05) is 4.90 Å². The lowest BCUT2D eigenvalue weighted by molar-refractivity contribution is -0.136. The van der Waals surface area contributed by atoms with Gasteiger partial charge in [-0.1, -0.05) is 36.4 Å². The van der Waals surface area contributed by atoms with Gasteiger partial charge in [0.1, 0.15) is 11.5 Å². The summed E-state index contributed by atoms with van der Waals surface area (Å²) in [6.45, 7) is 1.89. The van der Waals surface area contributed by atoms with Gasteiger partial charge in [0.05, 0.1) is 31.0 Å². The first-order valence-electron chi connectivity index (χ1n) is 11.5. The number of nitrogens with one attached hydrogen (secondary N) is 1. The summed E-state index contributed by atoms with van der Waals surface area (Å²) in [5, 5.41) is 3.17. The van der Waals surface area contributed by atoms with Crippen LogP contribution in [0.15, 0.2) is 72.8 Å². The van der Waals surface area contributed by atoms with Crippen molar-refractivity contribution < 1.29 is 27.1 Å². The molecule has 1 amide bonds. The number of carbonyl (C=O) groups excluding carboxylic acids is 1. The molecule has 0 atom stereocenters. The van der Waals surface area contributed by atoms with Gasteiger partial charge in [0.2, 0.25) is 0 Å². The second kappa shape index (κ2) is 9.66. The number of alkyl halides is 3. The van der Waals surface area contributed by atoms with E-state index >= 15 is 0 Å². The second-order valence-corrected chi connectivity index (χ2v) is 8.55. The first-order chi connectivity index (χ1) is 17.3. The Labute approximate surface area is 204 Å². The van der Waals surface area contributed by atoms with E-state index in [1.165, 1.54) is 12.1 Å². The van der Waals surface area contributed by atoms with Crippen LogP contribution in [0.25, 0.3) is 10.9 Å². The summed E-state index contributed by atoms with van der Waals surface area (Å²) in [7, 11) is 0. The van der Waals surface area contributed by atoms with E-state index < -0.39 is 23.5 Å². The summed E-state index contributed by atoms with van der Waals surface area (Å²) >= 11 is 0. The van der Waals surface area contributed by atoms with E-state index in [1.54, 1.807) is 59.2 Å². The highest BCUT2D eigenvalue weighted by molar-refractivity contribution is 6.07. The summed E-state index contributed by atoms with van der Waals surface area (Å²) in [5.41, 5.74) is 0.300. The fourth-order valence-corrected chi connectivity index (χ4v) is 4.45. The van der Waals surface area contributed by atoms with Gasteiger partial charge in [-0.3, -0.25) is 4.79 Å². The Morgan fingerprint density at radius 1 is 0.944 bits per heavy atom. The number of ether oxygens (including phenoxy) is 1. The Balaban J connectivity index is 1.51. The van der Waals surface area contributed by atoms with Crippen LogP contribution in [0.2, 0.25) is 0 Å². The topological polar surface area (TPSA) is 46.5 Å². The van der Waals surface area contributed by atoms with Crippen molar-refractivity contribution in [2.75, 3.05) is 36.5 Å². The molecule has 36 heavy (non-hydrogen) atoms. The first-order valence-corrected chi connectivity index (χ1v) is 11.5. The predicted molar refractivity (Wildman–Crippen MR) is 130 cm³/mol. The Morgan fingerprint density at radius 2 is 1.67 bits per heavy atom. The van der Waals surface area contributed by atoms with Crippen LogP contribution in [0.1, 0.15) is 21.6 Å². The van der Waals surface area contributed by atoms with E-state index in [0.717, 1.165) is 11.5 Å². The summed E-state index contributed by atoms with van der Waals surface area (Å²) in [5.74, 6) is -1.15. The number of nitrogens with zero attached hydrogens (tertiary/aromatic N) is 2. The van der Waals surface area contributed by atoms with Crippen molar-refractivity contribution in [2.24, 2.45) is 0 Å². The van der Waals surface area contributed by atoms with Crippen molar-refractivity contribution in [3.63, 3.8) is 0 Å². The lowest BCUT2D eigenvalue weighted by atomic mass is 10.1. The van der Waals surface area contributed by atoms with E-state index in [0.29, 0.717) is 43.1 Å². The van der Waals surface area contributed by atoms with Crippen LogP contribution in [0.4, 0.5) is 28.9 Å². The van der Waals surface area contributed by atoms with Crippen molar-refractivity contribution in [1.29, 1.82) is 0 Å². The number of hydrogen-bond donors (Lipinski definition) is 1. The molecule has 0 radical (unpaired) electrons. The number of amides is 1. The molecule has 1 aliphatic rings. The van der Waals surface area contributed by atoms with Gasteiger partial charge in [-0.25, -0.2) is 4.39 Å². The molecule has 186 valence electrons. The highest BCUT2D eigenvalue weighted by atomic mass is 19.4. The van der Waals surface area contributed by atoms with E-state index in [4.69, 9.17) is 4.74 Å². The summed E-state index contributed by atoms with van der Waals surface area (Å²) < 4.78 is 63.2. The van der Waals surface area contributed by atoms with Crippen molar-refractivity contribution >= 4 is 28.2 Å². The zero-order chi connectivity index (χ0) is 25.3. The van der Waals surface area contributed by atoms with Crippen LogP contribution in [-0.4, -0.2) is 36.8 Å². The molecule has 9 heteroatoms. The van der Waals surface area contributed by atoms with Crippen molar-refractivity contribution in [1.82, 2.24) is 4.57 Å². The van der Waals surface area contributed by atoms with Crippen LogP contribution in [0.5, 0.6) is 0 Å². The Morgan fingerprint density at radius 3 is 2.42 bits per heavy atom. The predicted octanol–water partition coefficient (Wildman–Crippen LogP) is 5.94. The summed E-state index contributed by atoms with van der Waals surface area (Å²) in [6.07, 6.45) is -4.68. The third-order valence-electron chi connectivity index (χ3n) is 6.26. The number of aromatic nitrogens is 1. The summed E-state index contributed by atoms with van der Waals surface area (Å²) in [6, 6.07) is 18.8. The molecule has 0 saturated carbocycles. The second-order valence-electron chi connectivity index (χ2n) is 8.55. The third kappa shape index (κ3) is 4.79. The van der Waals surface area contributed by atoms with E-state index in [-0.39, 0.29) is 17.9 Å². The number of morpholine rings is 1. The molecular weight excluding hydrogens is 474 g/mol. The molecular formula is C27H23F4N3O2. The maximum atomic E-state index is 14.4. The number of carbonyl (C=O) groups is 1. The summed E-state index contributed by atoms with van der Waals surface area (Å²) in [4.78, 5) is 15.1. The molecule has 4 aromatic rings. The smallest absolute Gasteiger partial charge is 0.378 e. The van der Waals surface area contributed by atoms with Gasteiger partial charge in [0.15, 0.2) is 0 Å². The zero-order valence-electron chi connectivity index (χ0n) is 19.2. The minimum Gasteiger partial charge on any atom is -0.378 e. The standard InChI is InChI=1S/C27H23F4N3O2/c28-22-7-3-1-6-19(22)17-34-24-8-4-2-5-18(24)15-25(34)26(35)32-23-10-9-20(16-21(23)27(29,30)31)33-11-13-36-14-12-33/h1-10,15-16H,11-14,17H2,(H,32,35). The van der Waals surface area contributed by atoms with Gasteiger partial charge in [-0.15, -0.1) is 0 Å². The van der Waals surface area contributed by atoms with Crippen molar-refractivity contribution in [3.8, 4) is 0 Å². The number of halogens is 4. The fourth-order valence-electron chi connectivity index (χ4n) is 4.45. The lowest BCUT2D eigenvalue weighted by Crippen LogP contribution is -2.36. The normalized spacial score (nSPS) is 14.3. The van der Waals surface area contributed by atoms with Crippen molar-refractivity contribution in [3.05, 3.63) is 95.4 Å². The van der Waals surface area contributed by atoms with Gasteiger partial charge >= 0.3 is 6.18 Å². The molecule has 0 unspecified atom stereocenters. The molecule has 1 saturated heterocycles. The number of anilines is 2. The zero-order valence-corrected chi connectivity index (χ0v) is 19.2. The van der Waals surface area contributed by atoms with Crippen LogP contribution in [0, 0.1) is 5.82 Å². The monoisotopic (exact) mass is 497 g/mol. The van der Waals surface area contributed by atoms with Gasteiger partial charge in [0.25, 0.3) is 5.91 Å². The maximum Gasteiger partial charge on any atom is 0.418 e. The quantitative estimate of drug-likeness (QED) is 0.348. The largest absolute Gasteiger partial charge is 0.418 e. The lowest BCUT2D eigenvalue weighted by Gasteiger charge is -2.29. The average Bonchev–Trinajstić information content (AvgIpc) is 3.24. The minimum absolute atomic E-state index is 0.0467. The Hall–Kier alpha value is -3.85. The molecule has 5 nitrogen and oxygen atoms in total. The van der Waals surface area contributed by atoms with Gasteiger partial charge < -0.3 is 19.5 Å². The maximum absolute atomic E-state index is 14.4. The van der Waals surface area contributed by atoms with Crippen LogP contribution < -0.4 is 10.2 Å². The minimum atomic E-state index is -4.68. The highest BCUT2D eigenvalue weighted by Gasteiger charge is 2.35. The van der Waals surface area contributed by atoms with Crippen LogP contribution >= 0.6 is 0 Å². The number of rotatable bonds is 5. The Bertz CT molecular complexity index is 1410. The van der Waals surface area contributed by atoms with Gasteiger partial charge in [0, 0.05) is 35.2 Å². The molecule has 0 bridgehead atoms. The molecule has 0 spiro atoms.